The van der Waals surface area contributed by atoms with E-state index < -0.39 is 0 Å². The summed E-state index contributed by atoms with van der Waals surface area (Å²) in [5.41, 5.74) is 0.550. The zero-order chi connectivity index (χ0) is 8.86. The first-order valence-corrected chi connectivity index (χ1v) is 6.31. The zero-order valence-corrected chi connectivity index (χ0v) is 9.17. The Bertz CT molecular complexity index is 115. The monoisotopic (exact) mass is 187 g/mol. The van der Waals surface area contributed by atoms with Crippen LogP contribution in [-0.4, -0.2) is 23.6 Å². The molecule has 1 saturated carbocycles. The fourth-order valence-corrected chi connectivity index (χ4v) is 2.33. The van der Waals surface area contributed by atoms with Gasteiger partial charge in [-0.2, -0.15) is 11.8 Å². The van der Waals surface area contributed by atoms with Gasteiger partial charge in [-0.15, -0.1) is 0 Å². The van der Waals surface area contributed by atoms with Crippen LogP contribution in [-0.2, 0) is 0 Å². The third-order valence-corrected chi connectivity index (χ3v) is 3.84. The van der Waals surface area contributed by atoms with Crippen molar-refractivity contribution in [2.75, 3.05) is 18.1 Å². The molecular formula is C10H21NS. The molecule has 2 heteroatoms. The summed E-state index contributed by atoms with van der Waals surface area (Å²) in [5.74, 6) is 2.53. The Hall–Kier alpha value is 0.310. The largest absolute Gasteiger partial charge is 0.310 e. The van der Waals surface area contributed by atoms with Gasteiger partial charge in [0.15, 0.2) is 0 Å². The van der Waals surface area contributed by atoms with E-state index in [0.29, 0.717) is 5.54 Å². The van der Waals surface area contributed by atoms with E-state index in [1.165, 1.54) is 43.7 Å². The Morgan fingerprint density at radius 1 is 1.33 bits per heavy atom. The summed E-state index contributed by atoms with van der Waals surface area (Å²) in [6, 6.07) is 0. The van der Waals surface area contributed by atoms with E-state index in [1.54, 1.807) is 0 Å². The van der Waals surface area contributed by atoms with Gasteiger partial charge in [0.2, 0.25) is 0 Å². The van der Waals surface area contributed by atoms with Crippen LogP contribution >= 0.6 is 11.8 Å². The topological polar surface area (TPSA) is 12.0 Å². The van der Waals surface area contributed by atoms with E-state index in [-0.39, 0.29) is 0 Å². The summed E-state index contributed by atoms with van der Waals surface area (Å²) in [6.07, 6.45) is 5.55. The SMILES string of the molecule is CCSCCNC1(CC)CCC1. The van der Waals surface area contributed by atoms with Crippen LogP contribution < -0.4 is 5.32 Å². The van der Waals surface area contributed by atoms with Crippen molar-refractivity contribution in [3.63, 3.8) is 0 Å². The molecule has 0 aliphatic heterocycles. The van der Waals surface area contributed by atoms with Crippen molar-refractivity contribution in [3.05, 3.63) is 0 Å². The number of hydrogen-bond donors (Lipinski definition) is 1. The molecule has 1 N–H and O–H groups in total. The maximum Gasteiger partial charge on any atom is 0.0179 e. The Kier molecular flexibility index (Phi) is 4.44. The van der Waals surface area contributed by atoms with Gasteiger partial charge in [-0.05, 0) is 31.4 Å². The van der Waals surface area contributed by atoms with Crippen molar-refractivity contribution in [1.82, 2.24) is 5.32 Å². The fraction of sp³-hybridized carbons (Fsp3) is 1.00. The minimum absolute atomic E-state index is 0.550. The number of thioether (sulfide) groups is 1. The highest BCUT2D eigenvalue weighted by molar-refractivity contribution is 7.99. The summed E-state index contributed by atoms with van der Waals surface area (Å²) < 4.78 is 0. The smallest absolute Gasteiger partial charge is 0.0179 e. The molecule has 0 atom stereocenters. The molecule has 1 aliphatic carbocycles. The van der Waals surface area contributed by atoms with Crippen LogP contribution in [0.1, 0.15) is 39.5 Å². The summed E-state index contributed by atoms with van der Waals surface area (Å²) in [6.45, 7) is 5.73. The summed E-state index contributed by atoms with van der Waals surface area (Å²) >= 11 is 2.03. The van der Waals surface area contributed by atoms with E-state index in [2.05, 4.69) is 19.2 Å². The lowest BCUT2D eigenvalue weighted by molar-refractivity contribution is 0.182. The lowest BCUT2D eigenvalue weighted by atomic mass is 9.75. The van der Waals surface area contributed by atoms with E-state index >= 15 is 0 Å². The maximum absolute atomic E-state index is 3.70. The van der Waals surface area contributed by atoms with Gasteiger partial charge < -0.3 is 5.32 Å². The standard InChI is InChI=1S/C10H21NS/c1-3-10(6-5-7-10)11-8-9-12-4-2/h11H,3-9H2,1-2H3. The van der Waals surface area contributed by atoms with E-state index in [0.717, 1.165) is 0 Å². The Labute approximate surface area is 80.7 Å². The van der Waals surface area contributed by atoms with Crippen LogP contribution in [0.2, 0.25) is 0 Å². The molecule has 0 saturated heterocycles. The summed E-state index contributed by atoms with van der Waals surface area (Å²) in [7, 11) is 0. The van der Waals surface area contributed by atoms with Gasteiger partial charge in [0.1, 0.15) is 0 Å². The highest BCUT2D eigenvalue weighted by Crippen LogP contribution is 2.34. The molecule has 0 aromatic heterocycles. The molecule has 0 spiro atoms. The first-order valence-electron chi connectivity index (χ1n) is 5.16. The minimum Gasteiger partial charge on any atom is -0.310 e. The third-order valence-electron chi connectivity index (χ3n) is 2.94. The van der Waals surface area contributed by atoms with Gasteiger partial charge in [-0.1, -0.05) is 13.8 Å². The quantitative estimate of drug-likeness (QED) is 0.642. The molecule has 0 unspecified atom stereocenters. The summed E-state index contributed by atoms with van der Waals surface area (Å²) in [5, 5.41) is 3.70. The average Bonchev–Trinajstić information content (AvgIpc) is 2.02. The molecule has 0 bridgehead atoms. The van der Waals surface area contributed by atoms with Crippen molar-refractivity contribution in [1.29, 1.82) is 0 Å². The second-order valence-corrected chi connectivity index (χ2v) is 5.00. The number of hydrogen-bond acceptors (Lipinski definition) is 2. The zero-order valence-electron chi connectivity index (χ0n) is 8.36. The molecule has 0 aromatic carbocycles. The van der Waals surface area contributed by atoms with Gasteiger partial charge in [-0.25, -0.2) is 0 Å². The van der Waals surface area contributed by atoms with Crippen LogP contribution in [0.4, 0.5) is 0 Å². The average molecular weight is 187 g/mol. The Morgan fingerprint density at radius 3 is 2.50 bits per heavy atom. The van der Waals surface area contributed by atoms with Crippen LogP contribution in [0.5, 0.6) is 0 Å². The van der Waals surface area contributed by atoms with Gasteiger partial charge in [0.25, 0.3) is 0 Å². The second-order valence-electron chi connectivity index (χ2n) is 3.61. The maximum atomic E-state index is 3.70. The van der Waals surface area contributed by atoms with Gasteiger partial charge >= 0.3 is 0 Å². The van der Waals surface area contributed by atoms with E-state index in [1.807, 2.05) is 11.8 Å². The first-order chi connectivity index (χ1) is 5.83. The summed E-state index contributed by atoms with van der Waals surface area (Å²) in [4.78, 5) is 0. The molecule has 1 nitrogen and oxygen atoms in total. The minimum atomic E-state index is 0.550. The van der Waals surface area contributed by atoms with Crippen molar-refractivity contribution in [3.8, 4) is 0 Å². The molecule has 0 aromatic rings. The van der Waals surface area contributed by atoms with E-state index in [4.69, 9.17) is 0 Å². The first kappa shape index (κ1) is 10.4. The van der Waals surface area contributed by atoms with Crippen LogP contribution in [0.15, 0.2) is 0 Å². The lowest BCUT2D eigenvalue weighted by Crippen LogP contribution is -2.51. The van der Waals surface area contributed by atoms with Crippen LogP contribution in [0, 0.1) is 0 Å². The van der Waals surface area contributed by atoms with Crippen molar-refractivity contribution < 1.29 is 0 Å². The molecule has 1 fully saturated rings. The highest BCUT2D eigenvalue weighted by atomic mass is 32.2. The molecule has 0 heterocycles. The van der Waals surface area contributed by atoms with Gasteiger partial charge in [-0.3, -0.25) is 0 Å². The molecule has 1 aliphatic rings. The second kappa shape index (κ2) is 5.13. The molecule has 0 amide bonds. The molecule has 1 rings (SSSR count). The molecular weight excluding hydrogens is 166 g/mol. The van der Waals surface area contributed by atoms with Crippen molar-refractivity contribution >= 4 is 11.8 Å². The fourth-order valence-electron chi connectivity index (χ4n) is 1.79. The predicted molar refractivity (Wildman–Crippen MR) is 57.9 cm³/mol. The molecule has 0 radical (unpaired) electrons. The van der Waals surface area contributed by atoms with Crippen LogP contribution in [0.3, 0.4) is 0 Å². The van der Waals surface area contributed by atoms with Crippen LogP contribution in [0.25, 0.3) is 0 Å². The van der Waals surface area contributed by atoms with Crippen molar-refractivity contribution in [2.24, 2.45) is 0 Å². The van der Waals surface area contributed by atoms with Crippen molar-refractivity contribution in [2.45, 2.75) is 45.1 Å². The molecule has 72 valence electrons. The molecule has 12 heavy (non-hydrogen) atoms. The number of nitrogens with one attached hydrogen (secondary N) is 1. The Balaban J connectivity index is 2.04. The third kappa shape index (κ3) is 2.67. The Morgan fingerprint density at radius 2 is 2.08 bits per heavy atom. The predicted octanol–water partition coefficient (Wildman–Crippen LogP) is 2.66. The lowest BCUT2D eigenvalue weighted by Gasteiger charge is -2.42. The number of rotatable bonds is 6. The van der Waals surface area contributed by atoms with E-state index in [9.17, 15) is 0 Å². The van der Waals surface area contributed by atoms with Gasteiger partial charge in [0, 0.05) is 17.8 Å². The normalized spacial score (nSPS) is 20.5. The highest BCUT2D eigenvalue weighted by Gasteiger charge is 2.33. The van der Waals surface area contributed by atoms with Gasteiger partial charge in [0.05, 0.1) is 0 Å².